The smallest absolute Gasteiger partial charge is 0.193 e. The maximum absolute atomic E-state index is 12.3. The van der Waals surface area contributed by atoms with Gasteiger partial charge in [-0.1, -0.05) is 60.7 Å². The Hall–Kier alpha value is -2.34. The van der Waals surface area contributed by atoms with Gasteiger partial charge in [0.2, 0.25) is 0 Å². The number of benzene rings is 2. The van der Waals surface area contributed by atoms with E-state index in [1.165, 1.54) is 5.56 Å². The predicted octanol–water partition coefficient (Wildman–Crippen LogP) is 3.13. The van der Waals surface area contributed by atoms with Crippen LogP contribution in [0.4, 0.5) is 0 Å². The van der Waals surface area contributed by atoms with E-state index in [4.69, 9.17) is 0 Å². The van der Waals surface area contributed by atoms with Crippen molar-refractivity contribution in [3.8, 4) is 0 Å². The Morgan fingerprint density at radius 2 is 1.72 bits per heavy atom. The molecule has 2 aromatic rings. The number of nitrogens with one attached hydrogen (secondary N) is 1. The largest absolute Gasteiger partial charge is 0.356 e. The summed E-state index contributed by atoms with van der Waals surface area (Å²) in [7, 11) is -1.30. The van der Waals surface area contributed by atoms with Gasteiger partial charge in [0.15, 0.2) is 15.8 Å². The second-order valence-corrected chi connectivity index (χ2v) is 9.88. The third kappa shape index (κ3) is 6.89. The van der Waals surface area contributed by atoms with Gasteiger partial charge in [0.25, 0.3) is 0 Å². The molecule has 1 fully saturated rings. The Balaban J connectivity index is 1.40. The molecule has 1 unspecified atom stereocenters. The van der Waals surface area contributed by atoms with Crippen LogP contribution in [0.3, 0.4) is 0 Å². The molecule has 156 valence electrons. The van der Waals surface area contributed by atoms with Crippen LogP contribution in [0.15, 0.2) is 65.7 Å². The molecule has 0 aromatic heterocycles. The van der Waals surface area contributed by atoms with Crippen LogP contribution in [0.1, 0.15) is 24.0 Å². The minimum atomic E-state index is -3.10. The van der Waals surface area contributed by atoms with Crippen molar-refractivity contribution in [2.75, 3.05) is 32.4 Å². The molecule has 1 saturated heterocycles. The van der Waals surface area contributed by atoms with E-state index in [-0.39, 0.29) is 11.5 Å². The minimum Gasteiger partial charge on any atom is -0.356 e. The molecule has 5 nitrogen and oxygen atoms in total. The van der Waals surface area contributed by atoms with E-state index in [1.54, 1.807) is 7.05 Å². The SMILES string of the molecule is CN=C(NCCCS(=O)(=O)Cc1ccccc1)N1CCC(Cc2ccccc2)C1. The summed E-state index contributed by atoms with van der Waals surface area (Å²) in [6, 6.07) is 20.0. The zero-order valence-electron chi connectivity index (χ0n) is 17.1. The fourth-order valence-electron chi connectivity index (χ4n) is 3.86. The van der Waals surface area contributed by atoms with Crippen molar-refractivity contribution in [2.24, 2.45) is 10.9 Å². The van der Waals surface area contributed by atoms with Gasteiger partial charge in [0, 0.05) is 26.7 Å². The molecule has 0 spiro atoms. The maximum atomic E-state index is 12.3. The molecular formula is C23H31N3O2S. The van der Waals surface area contributed by atoms with E-state index < -0.39 is 9.84 Å². The van der Waals surface area contributed by atoms with Gasteiger partial charge >= 0.3 is 0 Å². The van der Waals surface area contributed by atoms with Crippen molar-refractivity contribution in [1.82, 2.24) is 10.2 Å². The summed E-state index contributed by atoms with van der Waals surface area (Å²) in [6.45, 7) is 2.59. The van der Waals surface area contributed by atoms with Gasteiger partial charge in [-0.05, 0) is 36.3 Å². The van der Waals surface area contributed by atoms with Gasteiger partial charge in [-0.15, -0.1) is 0 Å². The molecule has 0 radical (unpaired) electrons. The number of sulfone groups is 1. The van der Waals surface area contributed by atoms with Crippen LogP contribution < -0.4 is 5.32 Å². The van der Waals surface area contributed by atoms with E-state index in [2.05, 4.69) is 45.5 Å². The van der Waals surface area contributed by atoms with E-state index in [0.717, 1.165) is 37.5 Å². The first-order chi connectivity index (χ1) is 14.1. The van der Waals surface area contributed by atoms with Gasteiger partial charge < -0.3 is 10.2 Å². The lowest BCUT2D eigenvalue weighted by Crippen LogP contribution is -2.40. The first-order valence-electron chi connectivity index (χ1n) is 10.3. The fraction of sp³-hybridized carbons (Fsp3) is 0.435. The molecule has 3 rings (SSSR count). The van der Waals surface area contributed by atoms with Crippen LogP contribution in [0.5, 0.6) is 0 Å². The molecule has 1 aliphatic rings. The average molecular weight is 414 g/mol. The zero-order valence-corrected chi connectivity index (χ0v) is 17.9. The summed E-state index contributed by atoms with van der Waals surface area (Å²) in [5.74, 6) is 1.79. The summed E-state index contributed by atoms with van der Waals surface area (Å²) < 4.78 is 24.6. The van der Waals surface area contributed by atoms with Gasteiger partial charge in [-0.3, -0.25) is 4.99 Å². The average Bonchev–Trinajstić information content (AvgIpc) is 3.17. The molecule has 2 aromatic carbocycles. The Kier molecular flexibility index (Phi) is 7.69. The van der Waals surface area contributed by atoms with Gasteiger partial charge in [0.05, 0.1) is 11.5 Å². The number of guanidine groups is 1. The quantitative estimate of drug-likeness (QED) is 0.410. The van der Waals surface area contributed by atoms with E-state index in [1.807, 2.05) is 30.3 Å². The molecule has 0 aliphatic carbocycles. The van der Waals surface area contributed by atoms with Crippen LogP contribution in [0.2, 0.25) is 0 Å². The van der Waals surface area contributed by atoms with Crippen molar-refractivity contribution < 1.29 is 8.42 Å². The summed E-state index contributed by atoms with van der Waals surface area (Å²) in [5.41, 5.74) is 2.23. The summed E-state index contributed by atoms with van der Waals surface area (Å²) in [5, 5.41) is 3.34. The molecule has 1 aliphatic heterocycles. The topological polar surface area (TPSA) is 61.8 Å². The Bertz CT molecular complexity index is 883. The Morgan fingerprint density at radius 3 is 2.38 bits per heavy atom. The normalized spacial score (nSPS) is 17.5. The predicted molar refractivity (Wildman–Crippen MR) is 120 cm³/mol. The molecular weight excluding hydrogens is 382 g/mol. The first kappa shape index (κ1) is 21.4. The Morgan fingerprint density at radius 1 is 1.07 bits per heavy atom. The molecule has 0 saturated carbocycles. The standard InChI is InChI=1S/C23H31N3O2S/c1-24-23(26-15-13-22(18-26)17-20-9-4-2-5-10-20)25-14-8-16-29(27,28)19-21-11-6-3-7-12-21/h2-7,9-12,22H,8,13-19H2,1H3,(H,24,25). The lowest BCUT2D eigenvalue weighted by atomic mass is 9.99. The molecule has 6 heteroatoms. The summed E-state index contributed by atoms with van der Waals surface area (Å²) in [4.78, 5) is 6.68. The first-order valence-corrected chi connectivity index (χ1v) is 12.1. The lowest BCUT2D eigenvalue weighted by molar-refractivity contribution is 0.460. The van der Waals surface area contributed by atoms with Gasteiger partial charge in [-0.25, -0.2) is 8.42 Å². The molecule has 0 amide bonds. The lowest BCUT2D eigenvalue weighted by Gasteiger charge is -2.21. The monoisotopic (exact) mass is 413 g/mol. The second kappa shape index (κ2) is 10.4. The van der Waals surface area contributed by atoms with Crippen molar-refractivity contribution in [3.63, 3.8) is 0 Å². The van der Waals surface area contributed by atoms with Crippen molar-refractivity contribution in [2.45, 2.75) is 25.0 Å². The number of aliphatic imine (C=N–C) groups is 1. The fourth-order valence-corrected chi connectivity index (χ4v) is 5.29. The molecule has 29 heavy (non-hydrogen) atoms. The van der Waals surface area contributed by atoms with Crippen LogP contribution in [0, 0.1) is 5.92 Å². The van der Waals surface area contributed by atoms with Crippen LogP contribution in [-0.2, 0) is 22.0 Å². The van der Waals surface area contributed by atoms with E-state index in [9.17, 15) is 8.42 Å². The van der Waals surface area contributed by atoms with E-state index in [0.29, 0.717) is 18.9 Å². The molecule has 1 heterocycles. The third-order valence-electron chi connectivity index (χ3n) is 5.31. The van der Waals surface area contributed by atoms with Crippen LogP contribution in [-0.4, -0.2) is 51.7 Å². The molecule has 0 bridgehead atoms. The van der Waals surface area contributed by atoms with Crippen molar-refractivity contribution in [1.29, 1.82) is 0 Å². The molecule has 1 N–H and O–H groups in total. The second-order valence-electron chi connectivity index (χ2n) is 7.70. The van der Waals surface area contributed by atoms with Gasteiger partial charge in [-0.2, -0.15) is 0 Å². The van der Waals surface area contributed by atoms with Crippen molar-refractivity contribution in [3.05, 3.63) is 71.8 Å². The molecule has 1 atom stereocenters. The minimum absolute atomic E-state index is 0.107. The van der Waals surface area contributed by atoms with E-state index >= 15 is 0 Å². The third-order valence-corrected chi connectivity index (χ3v) is 6.99. The zero-order chi connectivity index (χ0) is 20.5. The maximum Gasteiger partial charge on any atom is 0.193 e. The highest BCUT2D eigenvalue weighted by molar-refractivity contribution is 7.90. The van der Waals surface area contributed by atoms with Crippen molar-refractivity contribution >= 4 is 15.8 Å². The highest BCUT2D eigenvalue weighted by atomic mass is 32.2. The Labute approximate surface area is 174 Å². The van der Waals surface area contributed by atoms with Crippen LogP contribution >= 0.6 is 0 Å². The highest BCUT2D eigenvalue weighted by Crippen LogP contribution is 2.20. The summed E-state index contributed by atoms with van der Waals surface area (Å²) >= 11 is 0. The number of likely N-dealkylation sites (tertiary alicyclic amines) is 1. The number of nitrogens with zero attached hydrogens (tertiary/aromatic N) is 2. The summed E-state index contributed by atoms with van der Waals surface area (Å²) in [6.07, 6.45) is 2.82. The number of hydrogen-bond donors (Lipinski definition) is 1. The van der Waals surface area contributed by atoms with Gasteiger partial charge in [0.1, 0.15) is 0 Å². The number of rotatable bonds is 8. The highest BCUT2D eigenvalue weighted by Gasteiger charge is 2.25. The number of hydrogen-bond acceptors (Lipinski definition) is 3. The van der Waals surface area contributed by atoms with Crippen LogP contribution in [0.25, 0.3) is 0 Å².